The summed E-state index contributed by atoms with van der Waals surface area (Å²) in [5.74, 6) is -0.523. The highest BCUT2D eigenvalue weighted by Crippen LogP contribution is 2.35. The standard InChI is InChI=1S/C13H14O5/c1-3-17-8-4-5-11-9(6-8)10(14)7-13(2,18-11)12(15)16/h4-6H,3,7H2,1-2H3,(H,15,16). The number of ketones is 1. The summed E-state index contributed by atoms with van der Waals surface area (Å²) >= 11 is 0. The zero-order chi connectivity index (χ0) is 13.3. The minimum absolute atomic E-state index is 0.176. The third kappa shape index (κ3) is 2.03. The van der Waals surface area contributed by atoms with Gasteiger partial charge >= 0.3 is 5.97 Å². The molecule has 0 bridgehead atoms. The molecule has 5 nitrogen and oxygen atoms in total. The molecule has 1 aromatic rings. The van der Waals surface area contributed by atoms with Crippen molar-refractivity contribution in [3.8, 4) is 11.5 Å². The second kappa shape index (κ2) is 4.33. The van der Waals surface area contributed by atoms with Gasteiger partial charge in [0.25, 0.3) is 0 Å². The van der Waals surface area contributed by atoms with E-state index in [9.17, 15) is 9.59 Å². The van der Waals surface area contributed by atoms with E-state index in [4.69, 9.17) is 14.6 Å². The van der Waals surface area contributed by atoms with Crippen LogP contribution in [0, 0.1) is 0 Å². The Morgan fingerprint density at radius 1 is 1.56 bits per heavy atom. The Morgan fingerprint density at radius 2 is 2.28 bits per heavy atom. The highest BCUT2D eigenvalue weighted by Gasteiger charge is 2.43. The first-order valence-electron chi connectivity index (χ1n) is 5.69. The fraction of sp³-hybridized carbons (Fsp3) is 0.385. The molecule has 0 spiro atoms. The number of fused-ring (bicyclic) bond motifs is 1. The molecule has 1 N–H and O–H groups in total. The van der Waals surface area contributed by atoms with E-state index in [1.54, 1.807) is 18.2 Å². The quantitative estimate of drug-likeness (QED) is 0.886. The molecule has 1 heterocycles. The van der Waals surface area contributed by atoms with Crippen LogP contribution in [0.3, 0.4) is 0 Å². The van der Waals surface area contributed by atoms with Crippen LogP contribution in [0.1, 0.15) is 30.6 Å². The molecular formula is C13H14O5. The van der Waals surface area contributed by atoms with Crippen LogP contribution >= 0.6 is 0 Å². The van der Waals surface area contributed by atoms with Gasteiger partial charge in [0.1, 0.15) is 11.5 Å². The van der Waals surface area contributed by atoms with Crippen LogP contribution in [0.15, 0.2) is 18.2 Å². The lowest BCUT2D eigenvalue weighted by Crippen LogP contribution is -2.46. The van der Waals surface area contributed by atoms with E-state index >= 15 is 0 Å². The first-order chi connectivity index (χ1) is 8.46. The van der Waals surface area contributed by atoms with Crippen LogP contribution in [0.25, 0.3) is 0 Å². The monoisotopic (exact) mass is 250 g/mol. The number of Topliss-reactive ketones (excluding diaryl/α,β-unsaturated/α-hetero) is 1. The maximum Gasteiger partial charge on any atom is 0.348 e. The summed E-state index contributed by atoms with van der Waals surface area (Å²) in [5, 5.41) is 9.08. The topological polar surface area (TPSA) is 72.8 Å². The molecule has 18 heavy (non-hydrogen) atoms. The Kier molecular flexibility index (Phi) is 2.98. The number of benzene rings is 1. The molecule has 0 radical (unpaired) electrons. The molecule has 0 fully saturated rings. The highest BCUT2D eigenvalue weighted by molar-refractivity contribution is 6.03. The smallest absolute Gasteiger partial charge is 0.348 e. The lowest BCUT2D eigenvalue weighted by molar-refractivity contribution is -0.154. The number of aliphatic carboxylic acids is 1. The van der Waals surface area contributed by atoms with Crippen molar-refractivity contribution in [2.75, 3.05) is 6.61 Å². The molecule has 1 atom stereocenters. The molecule has 1 aliphatic rings. The lowest BCUT2D eigenvalue weighted by Gasteiger charge is -2.31. The van der Waals surface area contributed by atoms with Crippen molar-refractivity contribution in [2.45, 2.75) is 25.9 Å². The number of rotatable bonds is 3. The van der Waals surface area contributed by atoms with Gasteiger partial charge in [-0.15, -0.1) is 0 Å². The average Bonchev–Trinajstić information content (AvgIpc) is 2.30. The van der Waals surface area contributed by atoms with E-state index < -0.39 is 11.6 Å². The molecule has 2 rings (SSSR count). The molecular weight excluding hydrogens is 236 g/mol. The Morgan fingerprint density at radius 3 is 2.89 bits per heavy atom. The number of carbonyl (C=O) groups excluding carboxylic acids is 1. The summed E-state index contributed by atoms with van der Waals surface area (Å²) in [6.45, 7) is 3.74. The van der Waals surface area contributed by atoms with E-state index in [2.05, 4.69) is 0 Å². The molecule has 0 saturated carbocycles. The molecule has 0 aromatic heterocycles. The highest BCUT2D eigenvalue weighted by atomic mass is 16.5. The molecule has 0 aliphatic carbocycles. The minimum Gasteiger partial charge on any atom is -0.494 e. The third-order valence-electron chi connectivity index (χ3n) is 2.85. The van der Waals surface area contributed by atoms with Gasteiger partial charge in [-0.2, -0.15) is 0 Å². The van der Waals surface area contributed by atoms with Gasteiger partial charge < -0.3 is 14.6 Å². The minimum atomic E-state index is -1.49. The normalized spacial score (nSPS) is 22.0. The second-order valence-electron chi connectivity index (χ2n) is 4.33. The van der Waals surface area contributed by atoms with Crippen LogP contribution in [0.4, 0.5) is 0 Å². The maximum atomic E-state index is 12.0. The SMILES string of the molecule is CCOc1ccc2c(c1)C(=O)CC(C)(C(=O)O)O2. The summed E-state index contributed by atoms with van der Waals surface area (Å²) in [6, 6.07) is 4.81. The number of hydrogen-bond donors (Lipinski definition) is 1. The summed E-state index contributed by atoms with van der Waals surface area (Å²) in [7, 11) is 0. The van der Waals surface area contributed by atoms with E-state index in [0.29, 0.717) is 23.7 Å². The fourth-order valence-corrected chi connectivity index (χ4v) is 1.87. The Labute approximate surface area is 104 Å². The van der Waals surface area contributed by atoms with Crippen LogP contribution in [0.2, 0.25) is 0 Å². The summed E-state index contributed by atoms with van der Waals surface area (Å²) in [4.78, 5) is 23.1. The van der Waals surface area contributed by atoms with Crippen molar-refractivity contribution in [1.82, 2.24) is 0 Å². The third-order valence-corrected chi connectivity index (χ3v) is 2.85. The van der Waals surface area contributed by atoms with Gasteiger partial charge in [0, 0.05) is 0 Å². The van der Waals surface area contributed by atoms with Crippen molar-refractivity contribution in [3.63, 3.8) is 0 Å². The maximum absolute atomic E-state index is 12.0. The van der Waals surface area contributed by atoms with Gasteiger partial charge in [0.05, 0.1) is 18.6 Å². The van der Waals surface area contributed by atoms with Crippen molar-refractivity contribution in [3.05, 3.63) is 23.8 Å². The zero-order valence-corrected chi connectivity index (χ0v) is 10.2. The fourth-order valence-electron chi connectivity index (χ4n) is 1.87. The summed E-state index contributed by atoms with van der Waals surface area (Å²) in [6.07, 6.45) is -0.176. The summed E-state index contributed by atoms with van der Waals surface area (Å²) in [5.41, 5.74) is -1.11. The number of carboxylic acid groups (broad SMARTS) is 1. The average molecular weight is 250 g/mol. The number of ether oxygens (including phenoxy) is 2. The Bertz CT molecular complexity index is 508. The first-order valence-corrected chi connectivity index (χ1v) is 5.69. The van der Waals surface area contributed by atoms with Crippen LogP contribution in [-0.4, -0.2) is 29.1 Å². The molecule has 96 valence electrons. The van der Waals surface area contributed by atoms with E-state index in [-0.39, 0.29) is 12.2 Å². The van der Waals surface area contributed by atoms with Crippen molar-refractivity contribution < 1.29 is 24.2 Å². The Balaban J connectivity index is 2.39. The van der Waals surface area contributed by atoms with Gasteiger partial charge in [-0.05, 0) is 32.0 Å². The Hall–Kier alpha value is -2.04. The van der Waals surface area contributed by atoms with Crippen molar-refractivity contribution in [2.24, 2.45) is 0 Å². The van der Waals surface area contributed by atoms with Crippen LogP contribution < -0.4 is 9.47 Å². The molecule has 1 aromatic carbocycles. The molecule has 1 aliphatic heterocycles. The first kappa shape index (κ1) is 12.4. The van der Waals surface area contributed by atoms with Crippen LogP contribution in [-0.2, 0) is 4.79 Å². The van der Waals surface area contributed by atoms with Gasteiger partial charge in [0.2, 0.25) is 5.60 Å². The van der Waals surface area contributed by atoms with Gasteiger partial charge in [-0.1, -0.05) is 0 Å². The number of hydrogen-bond acceptors (Lipinski definition) is 4. The predicted molar refractivity (Wildman–Crippen MR) is 63.2 cm³/mol. The molecule has 5 heteroatoms. The number of carboxylic acids is 1. The van der Waals surface area contributed by atoms with E-state index in [1.165, 1.54) is 6.92 Å². The van der Waals surface area contributed by atoms with Gasteiger partial charge in [-0.3, -0.25) is 4.79 Å². The zero-order valence-electron chi connectivity index (χ0n) is 10.2. The van der Waals surface area contributed by atoms with E-state index in [1.807, 2.05) is 6.92 Å². The van der Waals surface area contributed by atoms with Crippen LogP contribution in [0.5, 0.6) is 11.5 Å². The number of carbonyl (C=O) groups is 2. The molecule has 1 unspecified atom stereocenters. The molecule has 0 saturated heterocycles. The van der Waals surface area contributed by atoms with Gasteiger partial charge in [-0.25, -0.2) is 4.79 Å². The van der Waals surface area contributed by atoms with Crippen molar-refractivity contribution in [1.29, 1.82) is 0 Å². The lowest BCUT2D eigenvalue weighted by atomic mass is 9.91. The van der Waals surface area contributed by atoms with Gasteiger partial charge in [0.15, 0.2) is 5.78 Å². The van der Waals surface area contributed by atoms with Crippen molar-refractivity contribution >= 4 is 11.8 Å². The predicted octanol–water partition coefficient (Wildman–Crippen LogP) is 1.89. The second-order valence-corrected chi connectivity index (χ2v) is 4.33. The summed E-state index contributed by atoms with van der Waals surface area (Å²) < 4.78 is 10.7. The largest absolute Gasteiger partial charge is 0.494 e. The molecule has 0 amide bonds. The van der Waals surface area contributed by atoms with E-state index in [0.717, 1.165) is 0 Å².